The van der Waals surface area contributed by atoms with Gasteiger partial charge in [-0.2, -0.15) is 13.2 Å². The molecule has 1 aliphatic heterocycles. The Morgan fingerprint density at radius 2 is 1.83 bits per heavy atom. The second-order valence-corrected chi connectivity index (χ2v) is 5.37. The van der Waals surface area contributed by atoms with Crippen LogP contribution in [-0.4, -0.2) is 31.1 Å². The van der Waals surface area contributed by atoms with Crippen LogP contribution in [0.4, 0.5) is 17.6 Å². The molecule has 1 heterocycles. The fourth-order valence-corrected chi connectivity index (χ4v) is 2.83. The van der Waals surface area contributed by atoms with E-state index in [9.17, 15) is 17.6 Å². The number of piperazine rings is 1. The lowest BCUT2D eigenvalue weighted by Crippen LogP contribution is -2.45. The maximum Gasteiger partial charge on any atom is 0.419 e. The number of allylic oxidation sites excluding steroid dienone is 1. The van der Waals surface area contributed by atoms with Gasteiger partial charge >= 0.3 is 6.18 Å². The molecule has 1 aromatic carbocycles. The van der Waals surface area contributed by atoms with Crippen molar-refractivity contribution in [2.45, 2.75) is 25.1 Å². The summed E-state index contributed by atoms with van der Waals surface area (Å²) < 4.78 is 53.1. The zero-order valence-corrected chi connectivity index (χ0v) is 14.7. The van der Waals surface area contributed by atoms with Gasteiger partial charge < -0.3 is 5.32 Å². The molecule has 1 N–H and O–H groups in total. The number of nitrogens with one attached hydrogen (secondary N) is 1. The molecule has 0 radical (unpaired) electrons. The predicted octanol–water partition coefficient (Wildman–Crippen LogP) is 4.60. The van der Waals surface area contributed by atoms with Crippen LogP contribution in [0.1, 0.15) is 30.0 Å². The highest BCUT2D eigenvalue weighted by molar-refractivity contribution is 5.85. The van der Waals surface area contributed by atoms with Gasteiger partial charge in [-0.15, -0.1) is 31.4 Å². The number of hydrogen-bond donors (Lipinski definition) is 1. The van der Waals surface area contributed by atoms with Crippen LogP contribution in [0, 0.1) is 5.82 Å². The molecule has 0 spiro atoms. The minimum absolute atomic E-state index is 0. The molecular formula is C16H22Cl2F4N2. The largest absolute Gasteiger partial charge is 0.419 e. The normalized spacial score (nSPS) is 16.7. The van der Waals surface area contributed by atoms with Crippen LogP contribution in [0.25, 0.3) is 0 Å². The molecule has 2 rings (SSSR count). The zero-order chi connectivity index (χ0) is 16.2. The van der Waals surface area contributed by atoms with Crippen LogP contribution in [0.2, 0.25) is 0 Å². The first-order chi connectivity index (χ1) is 10.4. The molecule has 0 aromatic heterocycles. The summed E-state index contributed by atoms with van der Waals surface area (Å²) in [5, 5.41) is 3.19. The first-order valence-electron chi connectivity index (χ1n) is 7.36. The van der Waals surface area contributed by atoms with Crippen molar-refractivity contribution in [2.75, 3.05) is 26.2 Å². The van der Waals surface area contributed by atoms with E-state index in [0.29, 0.717) is 25.9 Å². The third-order valence-corrected chi connectivity index (χ3v) is 3.93. The van der Waals surface area contributed by atoms with E-state index in [-0.39, 0.29) is 36.4 Å². The second-order valence-electron chi connectivity index (χ2n) is 5.37. The average molecular weight is 389 g/mol. The van der Waals surface area contributed by atoms with E-state index in [1.54, 1.807) is 6.08 Å². The van der Waals surface area contributed by atoms with Crippen LogP contribution in [0.5, 0.6) is 0 Å². The third-order valence-electron chi connectivity index (χ3n) is 3.93. The fourth-order valence-electron chi connectivity index (χ4n) is 2.83. The van der Waals surface area contributed by atoms with Gasteiger partial charge in [0.1, 0.15) is 5.82 Å². The van der Waals surface area contributed by atoms with E-state index in [1.807, 2.05) is 4.90 Å². The Labute approximate surface area is 152 Å². The molecule has 0 amide bonds. The van der Waals surface area contributed by atoms with Crippen molar-refractivity contribution in [3.63, 3.8) is 0 Å². The van der Waals surface area contributed by atoms with Crippen molar-refractivity contribution in [1.82, 2.24) is 10.2 Å². The molecule has 8 heteroatoms. The Balaban J connectivity index is 0.00000264. The number of rotatable bonds is 5. The van der Waals surface area contributed by atoms with Crippen molar-refractivity contribution < 1.29 is 17.6 Å². The molecule has 1 aliphatic rings. The molecule has 138 valence electrons. The number of halogens is 6. The Morgan fingerprint density at radius 1 is 1.21 bits per heavy atom. The standard InChI is InChI=1S/C16H20F4N2.2ClH/c1-2-3-7-14(22-10-8-21-9-11-22)12-5-4-6-13(15(12)17)16(18,19)20;;/h2,4-6,14,21H,1,3,7-11H2;2*1H/t14-;;/m1../s1. The van der Waals surface area contributed by atoms with E-state index < -0.39 is 17.6 Å². The van der Waals surface area contributed by atoms with Gasteiger partial charge in [-0.25, -0.2) is 4.39 Å². The zero-order valence-electron chi connectivity index (χ0n) is 13.1. The average Bonchev–Trinajstić information content (AvgIpc) is 2.49. The number of alkyl halides is 3. The molecule has 1 fully saturated rings. The number of benzene rings is 1. The molecule has 24 heavy (non-hydrogen) atoms. The highest BCUT2D eigenvalue weighted by Gasteiger charge is 2.36. The lowest BCUT2D eigenvalue weighted by molar-refractivity contribution is -0.140. The van der Waals surface area contributed by atoms with E-state index >= 15 is 0 Å². The number of hydrogen-bond acceptors (Lipinski definition) is 2. The fraction of sp³-hybridized carbons (Fsp3) is 0.500. The van der Waals surface area contributed by atoms with Crippen molar-refractivity contribution in [1.29, 1.82) is 0 Å². The molecule has 1 aromatic rings. The van der Waals surface area contributed by atoms with Crippen molar-refractivity contribution in [3.8, 4) is 0 Å². The van der Waals surface area contributed by atoms with Gasteiger partial charge in [-0.1, -0.05) is 18.2 Å². The van der Waals surface area contributed by atoms with E-state index in [2.05, 4.69) is 11.9 Å². The molecule has 0 unspecified atom stereocenters. The van der Waals surface area contributed by atoms with Crippen LogP contribution < -0.4 is 5.32 Å². The molecular weight excluding hydrogens is 367 g/mol. The Morgan fingerprint density at radius 3 is 2.38 bits per heavy atom. The summed E-state index contributed by atoms with van der Waals surface area (Å²) >= 11 is 0. The smallest absolute Gasteiger partial charge is 0.314 e. The van der Waals surface area contributed by atoms with Gasteiger partial charge in [0, 0.05) is 37.8 Å². The van der Waals surface area contributed by atoms with Crippen molar-refractivity contribution in [2.24, 2.45) is 0 Å². The van der Waals surface area contributed by atoms with Crippen molar-refractivity contribution >= 4 is 24.8 Å². The Kier molecular flexibility index (Phi) is 9.88. The number of nitrogens with zero attached hydrogens (tertiary/aromatic N) is 1. The van der Waals surface area contributed by atoms with Crippen LogP contribution >= 0.6 is 24.8 Å². The van der Waals surface area contributed by atoms with Gasteiger partial charge in [0.05, 0.1) is 5.56 Å². The monoisotopic (exact) mass is 388 g/mol. The Bertz CT molecular complexity index is 517. The summed E-state index contributed by atoms with van der Waals surface area (Å²) in [7, 11) is 0. The lowest BCUT2D eigenvalue weighted by Gasteiger charge is -2.35. The second kappa shape index (κ2) is 10.2. The lowest BCUT2D eigenvalue weighted by atomic mass is 9.96. The summed E-state index contributed by atoms with van der Waals surface area (Å²) in [6.07, 6.45) is -1.78. The van der Waals surface area contributed by atoms with Crippen LogP contribution in [-0.2, 0) is 6.18 Å². The topological polar surface area (TPSA) is 15.3 Å². The predicted molar refractivity (Wildman–Crippen MR) is 92.5 cm³/mol. The van der Waals surface area contributed by atoms with Gasteiger partial charge in [0.15, 0.2) is 0 Å². The van der Waals surface area contributed by atoms with Crippen LogP contribution in [0.3, 0.4) is 0 Å². The summed E-state index contributed by atoms with van der Waals surface area (Å²) in [6, 6.07) is 3.17. The summed E-state index contributed by atoms with van der Waals surface area (Å²) in [5.41, 5.74) is -1.07. The highest BCUT2D eigenvalue weighted by Crippen LogP contribution is 2.36. The first-order valence-corrected chi connectivity index (χ1v) is 7.36. The minimum Gasteiger partial charge on any atom is -0.314 e. The van der Waals surface area contributed by atoms with Crippen molar-refractivity contribution in [3.05, 3.63) is 47.8 Å². The first kappa shape index (κ1) is 23.2. The molecule has 1 atom stereocenters. The minimum atomic E-state index is -4.67. The summed E-state index contributed by atoms with van der Waals surface area (Å²) in [6.45, 7) is 6.54. The SMILES string of the molecule is C=CCC[C@H](c1cccc(C(F)(F)F)c1F)N1CCNCC1.Cl.Cl. The molecule has 0 aliphatic carbocycles. The van der Waals surface area contributed by atoms with Gasteiger partial charge in [0.25, 0.3) is 0 Å². The molecule has 2 nitrogen and oxygen atoms in total. The van der Waals surface area contributed by atoms with E-state index in [1.165, 1.54) is 12.1 Å². The van der Waals surface area contributed by atoms with Gasteiger partial charge in [-0.3, -0.25) is 4.90 Å². The third kappa shape index (κ3) is 5.62. The molecule has 0 saturated carbocycles. The quantitative estimate of drug-likeness (QED) is 0.585. The molecule has 0 bridgehead atoms. The maximum atomic E-state index is 14.4. The summed E-state index contributed by atoms with van der Waals surface area (Å²) in [5.74, 6) is -1.15. The van der Waals surface area contributed by atoms with Crippen LogP contribution in [0.15, 0.2) is 30.9 Å². The van der Waals surface area contributed by atoms with E-state index in [0.717, 1.165) is 19.2 Å². The maximum absolute atomic E-state index is 14.4. The Hall–Kier alpha value is -0.820. The molecule has 1 saturated heterocycles. The highest BCUT2D eigenvalue weighted by atomic mass is 35.5. The van der Waals surface area contributed by atoms with Gasteiger partial charge in [0.2, 0.25) is 0 Å². The summed E-state index contributed by atoms with van der Waals surface area (Å²) in [4.78, 5) is 2.04. The van der Waals surface area contributed by atoms with E-state index in [4.69, 9.17) is 0 Å². The van der Waals surface area contributed by atoms with Gasteiger partial charge in [-0.05, 0) is 18.9 Å².